The van der Waals surface area contributed by atoms with Crippen LogP contribution in [0.3, 0.4) is 0 Å². The van der Waals surface area contributed by atoms with Crippen LogP contribution in [0.2, 0.25) is 0 Å². The van der Waals surface area contributed by atoms with Crippen LogP contribution in [0.4, 0.5) is 0 Å². The standard InChI is InChI=1S/C16H23NO2/c1-4-19-15(18)16(17-11-12(2)3)10-9-13-7-5-6-8-14(13)16/h5-8,12,17H,4,9-11H2,1-3H3. The van der Waals surface area contributed by atoms with Gasteiger partial charge in [0.1, 0.15) is 5.54 Å². The van der Waals surface area contributed by atoms with Gasteiger partial charge >= 0.3 is 5.97 Å². The molecule has 1 aliphatic carbocycles. The molecule has 0 aromatic heterocycles. The monoisotopic (exact) mass is 261 g/mol. The molecular formula is C16H23NO2. The van der Waals surface area contributed by atoms with Crippen molar-refractivity contribution < 1.29 is 9.53 Å². The number of esters is 1. The van der Waals surface area contributed by atoms with E-state index in [9.17, 15) is 4.79 Å². The van der Waals surface area contributed by atoms with Crippen molar-refractivity contribution in [2.75, 3.05) is 13.2 Å². The highest BCUT2D eigenvalue weighted by Gasteiger charge is 2.46. The first kappa shape index (κ1) is 14.1. The van der Waals surface area contributed by atoms with Gasteiger partial charge in [0.2, 0.25) is 0 Å². The first-order valence-electron chi connectivity index (χ1n) is 7.10. The van der Waals surface area contributed by atoms with E-state index in [1.165, 1.54) is 5.56 Å². The van der Waals surface area contributed by atoms with E-state index in [4.69, 9.17) is 4.74 Å². The SMILES string of the molecule is CCOC(=O)C1(NCC(C)C)CCc2ccccc21. The number of carbonyl (C=O) groups excluding carboxylic acids is 1. The predicted molar refractivity (Wildman–Crippen MR) is 75.9 cm³/mol. The van der Waals surface area contributed by atoms with Crippen molar-refractivity contribution in [2.24, 2.45) is 5.92 Å². The smallest absolute Gasteiger partial charge is 0.331 e. The fraction of sp³-hybridized carbons (Fsp3) is 0.562. The molecular weight excluding hydrogens is 238 g/mol. The summed E-state index contributed by atoms with van der Waals surface area (Å²) in [5, 5.41) is 3.46. The van der Waals surface area contributed by atoms with E-state index in [-0.39, 0.29) is 5.97 Å². The van der Waals surface area contributed by atoms with Crippen LogP contribution in [0.1, 0.15) is 38.3 Å². The molecule has 0 fully saturated rings. The third kappa shape index (κ3) is 2.66. The van der Waals surface area contributed by atoms with Crippen molar-refractivity contribution in [2.45, 2.75) is 39.2 Å². The molecule has 104 valence electrons. The van der Waals surface area contributed by atoms with Gasteiger partial charge < -0.3 is 4.74 Å². The Kier molecular flexibility index (Phi) is 4.25. The minimum absolute atomic E-state index is 0.138. The van der Waals surface area contributed by atoms with Crippen molar-refractivity contribution in [3.8, 4) is 0 Å². The average molecular weight is 261 g/mol. The Morgan fingerprint density at radius 2 is 2.16 bits per heavy atom. The molecule has 1 unspecified atom stereocenters. The summed E-state index contributed by atoms with van der Waals surface area (Å²) >= 11 is 0. The van der Waals surface area contributed by atoms with Gasteiger partial charge in [-0.25, -0.2) is 4.79 Å². The summed E-state index contributed by atoms with van der Waals surface area (Å²) in [6.07, 6.45) is 1.72. The second-order valence-electron chi connectivity index (χ2n) is 5.56. The third-order valence-corrected chi connectivity index (χ3v) is 3.68. The van der Waals surface area contributed by atoms with E-state index in [1.54, 1.807) is 0 Å². The van der Waals surface area contributed by atoms with E-state index in [2.05, 4.69) is 25.2 Å². The molecule has 0 saturated carbocycles. The summed E-state index contributed by atoms with van der Waals surface area (Å²) in [5.74, 6) is 0.361. The maximum absolute atomic E-state index is 12.5. The summed E-state index contributed by atoms with van der Waals surface area (Å²) in [6.45, 7) is 7.38. The normalized spacial score (nSPS) is 21.5. The number of benzene rings is 1. The van der Waals surface area contributed by atoms with Gasteiger partial charge in [-0.2, -0.15) is 0 Å². The van der Waals surface area contributed by atoms with E-state index in [0.717, 1.165) is 24.9 Å². The van der Waals surface area contributed by atoms with Gasteiger partial charge in [0, 0.05) is 0 Å². The van der Waals surface area contributed by atoms with Gasteiger partial charge in [0.15, 0.2) is 0 Å². The second-order valence-corrected chi connectivity index (χ2v) is 5.56. The molecule has 1 N–H and O–H groups in total. The number of nitrogens with one attached hydrogen (secondary N) is 1. The molecule has 0 radical (unpaired) electrons. The van der Waals surface area contributed by atoms with E-state index >= 15 is 0 Å². The fourth-order valence-electron chi connectivity index (χ4n) is 2.71. The van der Waals surface area contributed by atoms with Gasteiger partial charge in [-0.3, -0.25) is 5.32 Å². The molecule has 0 saturated heterocycles. The van der Waals surface area contributed by atoms with Gasteiger partial charge in [0.25, 0.3) is 0 Å². The number of aryl methyl sites for hydroxylation is 1. The first-order chi connectivity index (χ1) is 9.10. The molecule has 0 aliphatic heterocycles. The highest BCUT2D eigenvalue weighted by molar-refractivity contribution is 5.84. The average Bonchev–Trinajstić information content (AvgIpc) is 2.77. The van der Waals surface area contributed by atoms with Crippen molar-refractivity contribution in [1.82, 2.24) is 5.32 Å². The molecule has 19 heavy (non-hydrogen) atoms. The quantitative estimate of drug-likeness (QED) is 0.828. The van der Waals surface area contributed by atoms with E-state index < -0.39 is 5.54 Å². The molecule has 0 heterocycles. The molecule has 1 aromatic carbocycles. The largest absolute Gasteiger partial charge is 0.464 e. The number of hydrogen-bond acceptors (Lipinski definition) is 3. The van der Waals surface area contributed by atoms with Crippen LogP contribution in [0.25, 0.3) is 0 Å². The fourth-order valence-corrected chi connectivity index (χ4v) is 2.71. The number of fused-ring (bicyclic) bond motifs is 1. The molecule has 2 rings (SSSR count). The predicted octanol–water partition coefficient (Wildman–Crippen LogP) is 2.64. The Bertz CT molecular complexity index is 456. The molecule has 3 heteroatoms. The lowest BCUT2D eigenvalue weighted by atomic mass is 9.91. The number of rotatable bonds is 5. The van der Waals surface area contributed by atoms with Crippen molar-refractivity contribution in [1.29, 1.82) is 0 Å². The zero-order valence-corrected chi connectivity index (χ0v) is 12.0. The second kappa shape index (κ2) is 5.74. The Morgan fingerprint density at radius 1 is 1.42 bits per heavy atom. The lowest BCUT2D eigenvalue weighted by Gasteiger charge is -2.30. The van der Waals surface area contributed by atoms with Crippen molar-refractivity contribution in [3.63, 3.8) is 0 Å². The molecule has 3 nitrogen and oxygen atoms in total. The third-order valence-electron chi connectivity index (χ3n) is 3.68. The number of ether oxygens (including phenoxy) is 1. The van der Waals surface area contributed by atoms with Crippen molar-refractivity contribution in [3.05, 3.63) is 35.4 Å². The molecule has 0 bridgehead atoms. The highest BCUT2D eigenvalue weighted by atomic mass is 16.5. The maximum Gasteiger partial charge on any atom is 0.331 e. The Balaban J connectivity index is 2.33. The van der Waals surface area contributed by atoms with Crippen LogP contribution in [0.15, 0.2) is 24.3 Å². The summed E-state index contributed by atoms with van der Waals surface area (Å²) < 4.78 is 5.32. The van der Waals surface area contributed by atoms with Gasteiger partial charge in [0.05, 0.1) is 6.61 Å². The Labute approximate surface area is 115 Å². The van der Waals surface area contributed by atoms with Gasteiger partial charge in [-0.15, -0.1) is 0 Å². The lowest BCUT2D eigenvalue weighted by molar-refractivity contribution is -0.151. The topological polar surface area (TPSA) is 38.3 Å². The zero-order valence-electron chi connectivity index (χ0n) is 12.0. The van der Waals surface area contributed by atoms with Crippen LogP contribution in [-0.2, 0) is 21.5 Å². The minimum atomic E-state index is -0.642. The van der Waals surface area contributed by atoms with Gasteiger partial charge in [-0.05, 0) is 43.4 Å². The lowest BCUT2D eigenvalue weighted by Crippen LogP contribution is -2.49. The van der Waals surface area contributed by atoms with E-state index in [0.29, 0.717) is 12.5 Å². The van der Waals surface area contributed by atoms with Crippen molar-refractivity contribution >= 4 is 5.97 Å². The molecule has 0 amide bonds. The molecule has 1 aromatic rings. The molecule has 1 atom stereocenters. The summed E-state index contributed by atoms with van der Waals surface area (Å²) in [7, 11) is 0. The molecule has 0 spiro atoms. The zero-order chi connectivity index (χ0) is 13.9. The maximum atomic E-state index is 12.5. The van der Waals surface area contributed by atoms with Gasteiger partial charge in [-0.1, -0.05) is 38.1 Å². The summed E-state index contributed by atoms with van der Waals surface area (Å²) in [6, 6.07) is 8.18. The van der Waals surface area contributed by atoms with Crippen LogP contribution in [0.5, 0.6) is 0 Å². The molecule has 1 aliphatic rings. The summed E-state index contributed by atoms with van der Waals surface area (Å²) in [5.41, 5.74) is 1.71. The van der Waals surface area contributed by atoms with Crippen LogP contribution in [-0.4, -0.2) is 19.1 Å². The number of carbonyl (C=O) groups is 1. The highest BCUT2D eigenvalue weighted by Crippen LogP contribution is 2.38. The number of hydrogen-bond donors (Lipinski definition) is 1. The van der Waals surface area contributed by atoms with Crippen LogP contribution >= 0.6 is 0 Å². The van der Waals surface area contributed by atoms with Crippen LogP contribution < -0.4 is 5.32 Å². The first-order valence-corrected chi connectivity index (χ1v) is 7.10. The Hall–Kier alpha value is -1.35. The van der Waals surface area contributed by atoms with E-state index in [1.807, 2.05) is 25.1 Å². The van der Waals surface area contributed by atoms with Crippen LogP contribution in [0, 0.1) is 5.92 Å². The Morgan fingerprint density at radius 3 is 2.84 bits per heavy atom. The summed E-state index contributed by atoms with van der Waals surface area (Å²) in [4.78, 5) is 12.5. The minimum Gasteiger partial charge on any atom is -0.464 e.